The Hall–Kier alpha value is -3.30. The molecule has 142 valence electrons. The molecule has 0 amide bonds. The highest BCUT2D eigenvalue weighted by Crippen LogP contribution is 2.32. The van der Waals surface area contributed by atoms with Crippen LogP contribution >= 0.6 is 15.9 Å². The summed E-state index contributed by atoms with van der Waals surface area (Å²) >= 11 is 3.47. The van der Waals surface area contributed by atoms with E-state index in [0.29, 0.717) is 5.57 Å². The van der Waals surface area contributed by atoms with Gasteiger partial charge in [0.15, 0.2) is 0 Å². The normalized spacial score (nSPS) is 11.8. The maximum absolute atomic E-state index is 12.8. The maximum atomic E-state index is 12.8. The number of halogens is 3. The zero-order chi connectivity index (χ0) is 20.4. The van der Waals surface area contributed by atoms with Crippen LogP contribution in [0.4, 0.5) is 8.78 Å². The summed E-state index contributed by atoms with van der Waals surface area (Å²) in [4.78, 5) is 7.35. The molecule has 0 bridgehead atoms. The van der Waals surface area contributed by atoms with Crippen molar-refractivity contribution in [2.75, 3.05) is 0 Å². The standard InChI is InChI=1S/C23H14BrF2N3/c24-18-5-6-22-20(10-18)21(13-29-22)16(11-27)9-17-12-28-8-7-19(17)14-1-3-15(4-2-14)23(25)26/h1-10,12-13,23,29H/b16-9+. The second kappa shape index (κ2) is 7.98. The number of H-pyrrole nitrogens is 1. The second-order valence-corrected chi connectivity index (χ2v) is 7.36. The van der Waals surface area contributed by atoms with Crippen LogP contribution in [0.5, 0.6) is 0 Å². The minimum atomic E-state index is -2.51. The summed E-state index contributed by atoms with van der Waals surface area (Å²) < 4.78 is 26.6. The highest BCUT2D eigenvalue weighted by atomic mass is 79.9. The Kier molecular flexibility index (Phi) is 5.24. The van der Waals surface area contributed by atoms with Crippen molar-refractivity contribution in [1.29, 1.82) is 5.26 Å². The number of nitrogens with zero attached hydrogens (tertiary/aromatic N) is 2. The smallest absolute Gasteiger partial charge is 0.263 e. The number of alkyl halides is 2. The van der Waals surface area contributed by atoms with Crippen LogP contribution in [0.3, 0.4) is 0 Å². The van der Waals surface area contributed by atoms with Gasteiger partial charge < -0.3 is 4.98 Å². The summed E-state index contributed by atoms with van der Waals surface area (Å²) in [6.07, 6.45) is 4.38. The van der Waals surface area contributed by atoms with Crippen LogP contribution in [0.2, 0.25) is 0 Å². The van der Waals surface area contributed by atoms with Gasteiger partial charge in [0.2, 0.25) is 0 Å². The zero-order valence-electron chi connectivity index (χ0n) is 15.0. The number of benzene rings is 2. The summed E-state index contributed by atoms with van der Waals surface area (Å²) in [5, 5.41) is 10.7. The number of allylic oxidation sites excluding steroid dienone is 1. The number of aromatic nitrogens is 2. The van der Waals surface area contributed by atoms with Crippen molar-refractivity contribution in [3.63, 3.8) is 0 Å². The van der Waals surface area contributed by atoms with Crippen molar-refractivity contribution >= 4 is 38.5 Å². The highest BCUT2D eigenvalue weighted by Gasteiger charge is 2.12. The van der Waals surface area contributed by atoms with Gasteiger partial charge in [-0.2, -0.15) is 5.26 Å². The van der Waals surface area contributed by atoms with E-state index in [1.165, 1.54) is 12.1 Å². The summed E-state index contributed by atoms with van der Waals surface area (Å²) in [5.41, 5.74) is 4.49. The summed E-state index contributed by atoms with van der Waals surface area (Å²) in [6, 6.07) is 16.0. The van der Waals surface area contributed by atoms with Gasteiger partial charge in [0.05, 0.1) is 11.6 Å². The van der Waals surface area contributed by atoms with Crippen molar-refractivity contribution in [1.82, 2.24) is 9.97 Å². The van der Waals surface area contributed by atoms with Crippen molar-refractivity contribution in [2.24, 2.45) is 0 Å². The number of hydrogen-bond acceptors (Lipinski definition) is 2. The van der Waals surface area contributed by atoms with E-state index in [4.69, 9.17) is 0 Å². The van der Waals surface area contributed by atoms with Gasteiger partial charge in [0, 0.05) is 50.7 Å². The highest BCUT2D eigenvalue weighted by molar-refractivity contribution is 9.10. The first-order chi connectivity index (χ1) is 14.1. The number of nitrogens with one attached hydrogen (secondary N) is 1. The minimum absolute atomic E-state index is 0.0259. The monoisotopic (exact) mass is 449 g/mol. The summed E-state index contributed by atoms with van der Waals surface area (Å²) in [6.45, 7) is 0. The molecule has 0 unspecified atom stereocenters. The Morgan fingerprint density at radius 2 is 1.93 bits per heavy atom. The van der Waals surface area contributed by atoms with E-state index < -0.39 is 6.43 Å². The van der Waals surface area contributed by atoms with E-state index >= 15 is 0 Å². The van der Waals surface area contributed by atoms with Crippen LogP contribution in [0.15, 0.2) is 71.6 Å². The summed E-state index contributed by atoms with van der Waals surface area (Å²) in [5.74, 6) is 0. The quantitative estimate of drug-likeness (QED) is 0.341. The fourth-order valence-electron chi connectivity index (χ4n) is 3.23. The fourth-order valence-corrected chi connectivity index (χ4v) is 3.60. The average Bonchev–Trinajstić information content (AvgIpc) is 3.15. The first-order valence-corrected chi connectivity index (χ1v) is 9.57. The Labute approximate surface area is 174 Å². The molecule has 2 aromatic heterocycles. The molecule has 4 rings (SSSR count). The molecular formula is C23H14BrF2N3. The Morgan fingerprint density at radius 1 is 1.14 bits per heavy atom. The Balaban J connectivity index is 1.81. The van der Waals surface area contributed by atoms with Crippen molar-refractivity contribution in [2.45, 2.75) is 6.43 Å². The molecule has 0 spiro atoms. The molecule has 0 aliphatic heterocycles. The van der Waals surface area contributed by atoms with Gasteiger partial charge >= 0.3 is 0 Å². The number of hydrogen-bond donors (Lipinski definition) is 1. The van der Waals surface area contributed by atoms with E-state index in [2.05, 4.69) is 32.0 Å². The number of rotatable bonds is 4. The Bertz CT molecular complexity index is 1250. The molecule has 0 atom stereocenters. The van der Waals surface area contributed by atoms with E-state index in [0.717, 1.165) is 37.6 Å². The lowest BCUT2D eigenvalue weighted by molar-refractivity contribution is 0.151. The van der Waals surface area contributed by atoms with E-state index in [1.54, 1.807) is 36.8 Å². The molecule has 3 nitrogen and oxygen atoms in total. The minimum Gasteiger partial charge on any atom is -0.361 e. The van der Waals surface area contributed by atoms with E-state index in [-0.39, 0.29) is 5.56 Å². The first kappa shape index (κ1) is 19.0. The fraction of sp³-hybridized carbons (Fsp3) is 0.0435. The van der Waals surface area contributed by atoms with Crippen molar-refractivity contribution < 1.29 is 8.78 Å². The molecule has 0 aliphatic rings. The largest absolute Gasteiger partial charge is 0.361 e. The predicted octanol–water partition coefficient (Wildman–Crippen LogP) is 6.99. The van der Waals surface area contributed by atoms with Crippen LogP contribution in [-0.2, 0) is 0 Å². The molecule has 2 heterocycles. The molecule has 2 aromatic carbocycles. The number of pyridine rings is 1. The molecule has 0 aliphatic carbocycles. The molecule has 0 fully saturated rings. The van der Waals surface area contributed by atoms with Crippen molar-refractivity contribution in [3.05, 3.63) is 88.3 Å². The lowest BCUT2D eigenvalue weighted by Crippen LogP contribution is -1.89. The SMILES string of the molecule is N#C/C(=C\c1cnccc1-c1ccc(C(F)F)cc1)c1c[nH]c2ccc(Br)cc12. The molecular weight excluding hydrogens is 436 g/mol. The predicted molar refractivity (Wildman–Crippen MR) is 114 cm³/mol. The van der Waals surface area contributed by atoms with E-state index in [1.807, 2.05) is 24.3 Å². The van der Waals surface area contributed by atoms with Gasteiger partial charge in [0.25, 0.3) is 6.43 Å². The van der Waals surface area contributed by atoms with Crippen LogP contribution < -0.4 is 0 Å². The lowest BCUT2D eigenvalue weighted by atomic mass is 9.97. The van der Waals surface area contributed by atoms with Gasteiger partial charge in [0.1, 0.15) is 0 Å². The van der Waals surface area contributed by atoms with Crippen LogP contribution in [-0.4, -0.2) is 9.97 Å². The van der Waals surface area contributed by atoms with Gasteiger partial charge in [-0.25, -0.2) is 8.78 Å². The van der Waals surface area contributed by atoms with E-state index in [9.17, 15) is 14.0 Å². The van der Waals surface area contributed by atoms with Gasteiger partial charge in [-0.05, 0) is 41.5 Å². The lowest BCUT2D eigenvalue weighted by Gasteiger charge is -2.08. The molecule has 1 N–H and O–H groups in total. The van der Waals surface area contributed by atoms with Gasteiger partial charge in [-0.3, -0.25) is 4.98 Å². The third-order valence-corrected chi connectivity index (χ3v) is 5.17. The third kappa shape index (κ3) is 3.82. The number of nitriles is 1. The topological polar surface area (TPSA) is 52.5 Å². The molecule has 4 aromatic rings. The van der Waals surface area contributed by atoms with Crippen LogP contribution in [0.1, 0.15) is 23.1 Å². The molecule has 29 heavy (non-hydrogen) atoms. The molecule has 6 heteroatoms. The molecule has 0 radical (unpaired) electrons. The first-order valence-electron chi connectivity index (χ1n) is 8.78. The average molecular weight is 450 g/mol. The number of aromatic amines is 1. The third-order valence-electron chi connectivity index (χ3n) is 4.68. The van der Waals surface area contributed by atoms with Crippen molar-refractivity contribution in [3.8, 4) is 17.2 Å². The van der Waals surface area contributed by atoms with Crippen LogP contribution in [0, 0.1) is 11.3 Å². The second-order valence-electron chi connectivity index (χ2n) is 6.45. The van der Waals surface area contributed by atoms with Gasteiger partial charge in [-0.1, -0.05) is 40.2 Å². The number of fused-ring (bicyclic) bond motifs is 1. The maximum Gasteiger partial charge on any atom is 0.263 e. The van der Waals surface area contributed by atoms with Gasteiger partial charge in [-0.15, -0.1) is 0 Å². The Morgan fingerprint density at radius 3 is 2.66 bits per heavy atom. The summed E-state index contributed by atoms with van der Waals surface area (Å²) in [7, 11) is 0. The zero-order valence-corrected chi connectivity index (χ0v) is 16.6. The molecule has 0 saturated carbocycles. The molecule has 0 saturated heterocycles. The van der Waals surface area contributed by atoms with Crippen LogP contribution in [0.25, 0.3) is 33.7 Å².